The summed E-state index contributed by atoms with van der Waals surface area (Å²) in [7, 11) is 0. The Morgan fingerprint density at radius 1 is 1.38 bits per heavy atom. The van der Waals surface area contributed by atoms with Crippen molar-refractivity contribution < 1.29 is 13.6 Å². The Bertz CT molecular complexity index is 575. The number of piperidine rings is 1. The van der Waals surface area contributed by atoms with E-state index in [4.69, 9.17) is 12.2 Å². The van der Waals surface area contributed by atoms with Crippen LogP contribution in [-0.2, 0) is 0 Å². The number of anilines is 1. The second-order valence-corrected chi connectivity index (χ2v) is 5.08. The molecule has 6 heteroatoms. The summed E-state index contributed by atoms with van der Waals surface area (Å²) in [5, 5.41) is 3.01. The lowest BCUT2D eigenvalue weighted by atomic mass is 10.0. The molecule has 1 aromatic rings. The molecule has 1 aliphatic rings. The lowest BCUT2D eigenvalue weighted by Gasteiger charge is -2.31. The number of nitrogens with one attached hydrogen (secondary N) is 1. The van der Waals surface area contributed by atoms with Crippen molar-refractivity contribution >= 4 is 11.6 Å². The molecule has 4 nitrogen and oxygen atoms in total. The van der Waals surface area contributed by atoms with Crippen LogP contribution in [0.1, 0.15) is 23.2 Å². The van der Waals surface area contributed by atoms with Crippen molar-refractivity contribution in [2.45, 2.75) is 18.9 Å². The number of likely N-dealkylation sites (tertiary alicyclic amines) is 1. The monoisotopic (exact) mass is 293 g/mol. The number of benzene rings is 1. The van der Waals surface area contributed by atoms with Crippen LogP contribution < -0.4 is 11.1 Å². The predicted octanol–water partition coefficient (Wildman–Crippen LogP) is 1.57. The van der Waals surface area contributed by atoms with Crippen LogP contribution in [0.2, 0.25) is 0 Å². The van der Waals surface area contributed by atoms with E-state index >= 15 is 0 Å². The number of carbonyl (C=O) groups excluding carboxylic acids is 1. The highest BCUT2D eigenvalue weighted by atomic mass is 19.1. The summed E-state index contributed by atoms with van der Waals surface area (Å²) >= 11 is 0. The molecule has 1 heterocycles. The number of primary amides is 1. The lowest BCUT2D eigenvalue weighted by molar-refractivity contribution is 0.0996. The molecule has 112 valence electrons. The summed E-state index contributed by atoms with van der Waals surface area (Å²) < 4.78 is 27.2. The predicted molar refractivity (Wildman–Crippen MR) is 76.8 cm³/mol. The Balaban J connectivity index is 2.05. The molecule has 3 N–H and O–H groups in total. The van der Waals surface area contributed by atoms with Crippen molar-refractivity contribution in [3.05, 3.63) is 29.3 Å². The maximum absolute atomic E-state index is 13.8. The molecule has 21 heavy (non-hydrogen) atoms. The van der Waals surface area contributed by atoms with Crippen molar-refractivity contribution in [2.75, 3.05) is 25.0 Å². The van der Waals surface area contributed by atoms with Gasteiger partial charge in [-0.25, -0.2) is 8.78 Å². The third-order valence-corrected chi connectivity index (χ3v) is 3.58. The van der Waals surface area contributed by atoms with Gasteiger partial charge in [0.15, 0.2) is 0 Å². The zero-order valence-electron chi connectivity index (χ0n) is 11.5. The lowest BCUT2D eigenvalue weighted by Crippen LogP contribution is -2.39. The number of nitrogens with two attached hydrogens (primary N) is 1. The van der Waals surface area contributed by atoms with Gasteiger partial charge in [0.05, 0.1) is 17.8 Å². The van der Waals surface area contributed by atoms with Gasteiger partial charge in [-0.15, -0.1) is 6.42 Å². The van der Waals surface area contributed by atoms with Crippen LogP contribution in [0.3, 0.4) is 0 Å². The van der Waals surface area contributed by atoms with Gasteiger partial charge in [0, 0.05) is 25.2 Å². The molecule has 0 unspecified atom stereocenters. The van der Waals surface area contributed by atoms with E-state index in [-0.39, 0.29) is 17.3 Å². The summed E-state index contributed by atoms with van der Waals surface area (Å²) in [5.41, 5.74) is 4.85. The zero-order valence-corrected chi connectivity index (χ0v) is 11.5. The molecule has 0 bridgehead atoms. The molecule has 0 atom stereocenters. The third-order valence-electron chi connectivity index (χ3n) is 3.58. The Morgan fingerprint density at radius 2 is 2.05 bits per heavy atom. The third kappa shape index (κ3) is 3.70. The normalized spacial score (nSPS) is 16.4. The minimum atomic E-state index is -0.950. The van der Waals surface area contributed by atoms with Gasteiger partial charge in [0.2, 0.25) is 0 Å². The number of carbonyl (C=O) groups is 1. The summed E-state index contributed by atoms with van der Waals surface area (Å²) in [4.78, 5) is 13.2. The van der Waals surface area contributed by atoms with Crippen molar-refractivity contribution in [3.63, 3.8) is 0 Å². The molecule has 1 amide bonds. The Labute approximate surface area is 122 Å². The highest BCUT2D eigenvalue weighted by molar-refractivity contribution is 5.94. The fourth-order valence-corrected chi connectivity index (χ4v) is 2.43. The number of nitrogens with zero attached hydrogens (tertiary/aromatic N) is 1. The minimum Gasteiger partial charge on any atom is -0.380 e. The molecule has 0 spiro atoms. The maximum Gasteiger partial charge on any atom is 0.251 e. The SMILES string of the molecule is C#CCN1CCC(Nc2cc(C(N)=O)c(F)cc2F)CC1. The minimum absolute atomic E-state index is 0.0553. The first kappa shape index (κ1) is 15.3. The molecule has 1 aliphatic heterocycles. The second-order valence-electron chi connectivity index (χ2n) is 5.08. The first-order valence-electron chi connectivity index (χ1n) is 6.72. The molecule has 0 radical (unpaired) electrons. The number of hydrogen-bond donors (Lipinski definition) is 2. The highest BCUT2D eigenvalue weighted by Gasteiger charge is 2.21. The Hall–Kier alpha value is -2.13. The number of halogens is 2. The van der Waals surface area contributed by atoms with Crippen LogP contribution in [0.15, 0.2) is 12.1 Å². The summed E-state index contributed by atoms with van der Waals surface area (Å²) in [6.45, 7) is 2.23. The molecule has 1 aromatic carbocycles. The molecule has 1 saturated heterocycles. The maximum atomic E-state index is 13.8. The second kappa shape index (κ2) is 6.55. The summed E-state index contributed by atoms with van der Waals surface area (Å²) in [5.74, 6) is -0.0100. The summed E-state index contributed by atoms with van der Waals surface area (Å²) in [6.07, 6.45) is 6.85. The smallest absolute Gasteiger partial charge is 0.251 e. The van der Waals surface area contributed by atoms with Gasteiger partial charge in [-0.2, -0.15) is 0 Å². The quantitative estimate of drug-likeness (QED) is 0.829. The average Bonchev–Trinajstić information content (AvgIpc) is 2.43. The molecule has 2 rings (SSSR count). The van der Waals surface area contributed by atoms with Crippen LogP contribution in [0, 0.1) is 24.0 Å². The van der Waals surface area contributed by atoms with E-state index < -0.39 is 17.5 Å². The largest absolute Gasteiger partial charge is 0.380 e. The van der Waals surface area contributed by atoms with Crippen molar-refractivity contribution in [2.24, 2.45) is 5.73 Å². The van der Waals surface area contributed by atoms with Crippen LogP contribution in [-0.4, -0.2) is 36.5 Å². The Kier molecular flexibility index (Phi) is 4.76. The van der Waals surface area contributed by atoms with Crippen LogP contribution in [0.5, 0.6) is 0 Å². The highest BCUT2D eigenvalue weighted by Crippen LogP contribution is 2.22. The van der Waals surface area contributed by atoms with E-state index in [2.05, 4.69) is 16.1 Å². The number of rotatable bonds is 4. The van der Waals surface area contributed by atoms with Gasteiger partial charge in [0.25, 0.3) is 5.91 Å². The number of hydrogen-bond acceptors (Lipinski definition) is 3. The Morgan fingerprint density at radius 3 is 2.62 bits per heavy atom. The number of terminal acetylenes is 1. The van der Waals surface area contributed by atoms with Crippen LogP contribution in [0.4, 0.5) is 14.5 Å². The van der Waals surface area contributed by atoms with Crippen LogP contribution >= 0.6 is 0 Å². The van der Waals surface area contributed by atoms with Gasteiger partial charge in [-0.05, 0) is 18.9 Å². The fraction of sp³-hybridized carbons (Fsp3) is 0.400. The molecule has 0 aromatic heterocycles. The topological polar surface area (TPSA) is 58.4 Å². The van der Waals surface area contributed by atoms with Crippen LogP contribution in [0.25, 0.3) is 0 Å². The van der Waals surface area contributed by atoms with E-state index in [1.807, 2.05) is 0 Å². The molecular weight excluding hydrogens is 276 g/mol. The van der Waals surface area contributed by atoms with Gasteiger partial charge in [-0.3, -0.25) is 9.69 Å². The van der Waals surface area contributed by atoms with E-state index in [9.17, 15) is 13.6 Å². The standard InChI is InChI=1S/C15H17F2N3O/c1-2-5-20-6-3-10(4-7-20)19-14-8-11(15(18)21)12(16)9-13(14)17/h1,8-10,19H,3-7H2,(H2,18,21). The fourth-order valence-electron chi connectivity index (χ4n) is 2.43. The van der Waals surface area contributed by atoms with E-state index in [0.29, 0.717) is 12.6 Å². The van der Waals surface area contributed by atoms with E-state index in [1.165, 1.54) is 0 Å². The van der Waals surface area contributed by atoms with Crippen molar-refractivity contribution in [3.8, 4) is 12.3 Å². The van der Waals surface area contributed by atoms with E-state index in [1.54, 1.807) is 0 Å². The first-order valence-corrected chi connectivity index (χ1v) is 6.72. The molecule has 0 aliphatic carbocycles. The van der Waals surface area contributed by atoms with Gasteiger partial charge in [-0.1, -0.05) is 5.92 Å². The first-order chi connectivity index (χ1) is 10.0. The zero-order chi connectivity index (χ0) is 15.4. The van der Waals surface area contributed by atoms with E-state index in [0.717, 1.165) is 32.0 Å². The summed E-state index contributed by atoms with van der Waals surface area (Å²) in [6, 6.07) is 1.86. The van der Waals surface area contributed by atoms with Gasteiger partial charge < -0.3 is 11.1 Å². The molecule has 1 fully saturated rings. The number of amides is 1. The van der Waals surface area contributed by atoms with Gasteiger partial charge in [0.1, 0.15) is 11.6 Å². The van der Waals surface area contributed by atoms with Crippen molar-refractivity contribution in [1.82, 2.24) is 4.90 Å². The average molecular weight is 293 g/mol. The molecular formula is C15H17F2N3O. The molecule has 0 saturated carbocycles. The van der Waals surface area contributed by atoms with Crippen molar-refractivity contribution in [1.29, 1.82) is 0 Å². The van der Waals surface area contributed by atoms with Gasteiger partial charge >= 0.3 is 0 Å².